The van der Waals surface area contributed by atoms with Crippen LogP contribution in [0, 0.1) is 0 Å². The van der Waals surface area contributed by atoms with Crippen LogP contribution >= 0.6 is 0 Å². The minimum atomic E-state index is 0.489. The molecule has 2 aliphatic rings. The number of anilines is 2. The minimum absolute atomic E-state index is 0.489. The Kier molecular flexibility index (Phi) is 3.82. The highest BCUT2D eigenvalue weighted by molar-refractivity contribution is 5.50. The standard InChI is InChI=1S/C14H23N5/c1-11-9-15-6-7-19(11)14-8-13(16-10-17-14)18-12-4-2-3-5-12/h8,10-12,15H,2-7,9H2,1H3,(H,16,17,18). The van der Waals surface area contributed by atoms with E-state index < -0.39 is 0 Å². The molecule has 2 fully saturated rings. The van der Waals surface area contributed by atoms with Gasteiger partial charge < -0.3 is 15.5 Å². The smallest absolute Gasteiger partial charge is 0.134 e. The van der Waals surface area contributed by atoms with Crippen molar-refractivity contribution in [3.63, 3.8) is 0 Å². The molecule has 19 heavy (non-hydrogen) atoms. The number of aromatic nitrogens is 2. The maximum absolute atomic E-state index is 4.44. The summed E-state index contributed by atoms with van der Waals surface area (Å²) in [4.78, 5) is 11.2. The fraction of sp³-hybridized carbons (Fsp3) is 0.714. The molecular weight excluding hydrogens is 238 g/mol. The Hall–Kier alpha value is -1.36. The number of rotatable bonds is 3. The highest BCUT2D eigenvalue weighted by Crippen LogP contribution is 2.23. The van der Waals surface area contributed by atoms with E-state index in [0.717, 1.165) is 31.3 Å². The van der Waals surface area contributed by atoms with Crippen LogP contribution in [-0.4, -0.2) is 41.7 Å². The third kappa shape index (κ3) is 2.97. The molecule has 0 spiro atoms. The molecule has 5 nitrogen and oxygen atoms in total. The Labute approximate surface area is 114 Å². The summed E-state index contributed by atoms with van der Waals surface area (Å²) in [5.74, 6) is 2.02. The number of hydrogen-bond donors (Lipinski definition) is 2. The van der Waals surface area contributed by atoms with Crippen LogP contribution in [0.5, 0.6) is 0 Å². The van der Waals surface area contributed by atoms with Crippen molar-refractivity contribution in [2.24, 2.45) is 0 Å². The summed E-state index contributed by atoms with van der Waals surface area (Å²) in [5.41, 5.74) is 0. The van der Waals surface area contributed by atoms with Crippen molar-refractivity contribution >= 4 is 11.6 Å². The largest absolute Gasteiger partial charge is 0.367 e. The zero-order valence-corrected chi connectivity index (χ0v) is 11.6. The second kappa shape index (κ2) is 5.74. The van der Waals surface area contributed by atoms with Gasteiger partial charge in [0, 0.05) is 37.8 Å². The van der Waals surface area contributed by atoms with Gasteiger partial charge in [0.15, 0.2) is 0 Å². The van der Waals surface area contributed by atoms with Crippen LogP contribution in [0.3, 0.4) is 0 Å². The molecule has 1 aromatic rings. The van der Waals surface area contributed by atoms with Crippen LogP contribution in [-0.2, 0) is 0 Å². The number of piperazine rings is 1. The molecule has 1 saturated heterocycles. The molecule has 1 aliphatic heterocycles. The van der Waals surface area contributed by atoms with E-state index in [4.69, 9.17) is 0 Å². The number of nitrogens with one attached hydrogen (secondary N) is 2. The third-order valence-electron chi connectivity index (χ3n) is 4.16. The first-order valence-corrected chi connectivity index (χ1v) is 7.39. The van der Waals surface area contributed by atoms with Crippen molar-refractivity contribution in [3.8, 4) is 0 Å². The molecule has 2 heterocycles. The summed E-state index contributed by atoms with van der Waals surface area (Å²) in [6.45, 7) is 5.30. The monoisotopic (exact) mass is 261 g/mol. The lowest BCUT2D eigenvalue weighted by Gasteiger charge is -2.35. The minimum Gasteiger partial charge on any atom is -0.367 e. The van der Waals surface area contributed by atoms with Crippen LogP contribution in [0.4, 0.5) is 11.6 Å². The van der Waals surface area contributed by atoms with Gasteiger partial charge in [-0.3, -0.25) is 0 Å². The maximum Gasteiger partial charge on any atom is 0.134 e. The van der Waals surface area contributed by atoms with Gasteiger partial charge in [-0.1, -0.05) is 12.8 Å². The lowest BCUT2D eigenvalue weighted by atomic mass is 10.2. The van der Waals surface area contributed by atoms with E-state index in [0.29, 0.717) is 12.1 Å². The Bertz CT molecular complexity index is 416. The molecule has 3 rings (SSSR count). The summed E-state index contributed by atoms with van der Waals surface area (Å²) in [6, 6.07) is 3.19. The van der Waals surface area contributed by atoms with Gasteiger partial charge in [-0.25, -0.2) is 9.97 Å². The van der Waals surface area contributed by atoms with Gasteiger partial charge in [0.05, 0.1) is 0 Å². The number of nitrogens with zero attached hydrogens (tertiary/aromatic N) is 3. The zero-order valence-electron chi connectivity index (χ0n) is 11.6. The van der Waals surface area contributed by atoms with E-state index in [1.165, 1.54) is 25.7 Å². The first-order valence-electron chi connectivity index (χ1n) is 7.39. The summed E-state index contributed by atoms with van der Waals surface area (Å²) >= 11 is 0. The quantitative estimate of drug-likeness (QED) is 0.866. The molecule has 104 valence electrons. The van der Waals surface area contributed by atoms with Crippen molar-refractivity contribution in [1.29, 1.82) is 0 Å². The predicted molar refractivity (Wildman–Crippen MR) is 77.6 cm³/mol. The molecule has 5 heteroatoms. The van der Waals surface area contributed by atoms with Gasteiger partial charge in [0.25, 0.3) is 0 Å². The Morgan fingerprint density at radius 1 is 1.32 bits per heavy atom. The first-order chi connectivity index (χ1) is 9.33. The maximum atomic E-state index is 4.44. The normalized spacial score (nSPS) is 24.7. The third-order valence-corrected chi connectivity index (χ3v) is 4.16. The summed E-state index contributed by atoms with van der Waals surface area (Å²) in [7, 11) is 0. The summed E-state index contributed by atoms with van der Waals surface area (Å²) in [5, 5.41) is 6.95. The molecule has 1 unspecified atom stereocenters. The van der Waals surface area contributed by atoms with Crippen molar-refractivity contribution in [2.45, 2.75) is 44.7 Å². The Balaban J connectivity index is 1.71. The van der Waals surface area contributed by atoms with Gasteiger partial charge in [0.1, 0.15) is 18.0 Å². The molecule has 2 N–H and O–H groups in total. The van der Waals surface area contributed by atoms with Crippen molar-refractivity contribution in [3.05, 3.63) is 12.4 Å². The molecule has 0 bridgehead atoms. The predicted octanol–water partition coefficient (Wildman–Crippen LogP) is 1.63. The van der Waals surface area contributed by atoms with Crippen molar-refractivity contribution < 1.29 is 0 Å². The van der Waals surface area contributed by atoms with Crippen LogP contribution < -0.4 is 15.5 Å². The molecule has 1 atom stereocenters. The molecular formula is C14H23N5. The molecule has 0 aromatic carbocycles. The molecule has 1 aromatic heterocycles. The average molecular weight is 261 g/mol. The van der Waals surface area contributed by atoms with Crippen LogP contribution in [0.25, 0.3) is 0 Å². The van der Waals surface area contributed by atoms with E-state index in [9.17, 15) is 0 Å². The second-order valence-electron chi connectivity index (χ2n) is 5.63. The van der Waals surface area contributed by atoms with Crippen LogP contribution in [0.2, 0.25) is 0 Å². The second-order valence-corrected chi connectivity index (χ2v) is 5.63. The van der Waals surface area contributed by atoms with Crippen molar-refractivity contribution in [2.75, 3.05) is 29.9 Å². The van der Waals surface area contributed by atoms with Gasteiger partial charge in [0.2, 0.25) is 0 Å². The van der Waals surface area contributed by atoms with Gasteiger partial charge >= 0.3 is 0 Å². The topological polar surface area (TPSA) is 53.1 Å². The highest BCUT2D eigenvalue weighted by atomic mass is 15.3. The molecule has 0 amide bonds. The van der Waals surface area contributed by atoms with Gasteiger partial charge in [-0.05, 0) is 19.8 Å². The average Bonchev–Trinajstić information content (AvgIpc) is 2.92. The van der Waals surface area contributed by atoms with E-state index >= 15 is 0 Å². The van der Waals surface area contributed by atoms with E-state index in [1.54, 1.807) is 6.33 Å². The van der Waals surface area contributed by atoms with Gasteiger partial charge in [-0.2, -0.15) is 0 Å². The molecule has 1 aliphatic carbocycles. The van der Waals surface area contributed by atoms with E-state index in [1.807, 2.05) is 0 Å². The SMILES string of the molecule is CC1CNCCN1c1cc(NC2CCCC2)ncn1. The lowest BCUT2D eigenvalue weighted by molar-refractivity contribution is 0.497. The van der Waals surface area contributed by atoms with Crippen LogP contribution in [0.1, 0.15) is 32.6 Å². The Morgan fingerprint density at radius 3 is 2.95 bits per heavy atom. The van der Waals surface area contributed by atoms with Crippen molar-refractivity contribution in [1.82, 2.24) is 15.3 Å². The van der Waals surface area contributed by atoms with Gasteiger partial charge in [-0.15, -0.1) is 0 Å². The summed E-state index contributed by atoms with van der Waals surface area (Å²) in [6.07, 6.45) is 6.89. The zero-order chi connectivity index (χ0) is 13.1. The molecule has 0 radical (unpaired) electrons. The lowest BCUT2D eigenvalue weighted by Crippen LogP contribution is -2.50. The summed E-state index contributed by atoms with van der Waals surface area (Å²) < 4.78 is 0. The number of hydrogen-bond acceptors (Lipinski definition) is 5. The fourth-order valence-electron chi connectivity index (χ4n) is 3.04. The Morgan fingerprint density at radius 2 is 2.16 bits per heavy atom. The fourth-order valence-corrected chi connectivity index (χ4v) is 3.04. The highest BCUT2D eigenvalue weighted by Gasteiger charge is 2.20. The van der Waals surface area contributed by atoms with E-state index in [-0.39, 0.29) is 0 Å². The molecule has 1 saturated carbocycles. The van der Waals surface area contributed by atoms with Crippen LogP contribution in [0.15, 0.2) is 12.4 Å². The first kappa shape index (κ1) is 12.7. The van der Waals surface area contributed by atoms with E-state index in [2.05, 4.69) is 38.5 Å².